The lowest BCUT2D eigenvalue weighted by Crippen LogP contribution is -2.30. The molecule has 1 saturated heterocycles. The number of hydrogen-bond acceptors (Lipinski definition) is 2. The normalized spacial score (nSPS) is 22.3. The van der Waals surface area contributed by atoms with E-state index < -0.39 is 0 Å². The Kier molecular flexibility index (Phi) is 3.33. The topological polar surface area (TPSA) is 29.9 Å². The Balaban J connectivity index is 1.97. The molecule has 0 radical (unpaired) electrons. The van der Waals surface area contributed by atoms with Crippen LogP contribution < -0.4 is 5.32 Å². The quantitative estimate of drug-likeness (QED) is 0.829. The highest BCUT2D eigenvalue weighted by atomic mass is 15.3. The smallest absolute Gasteiger partial charge is 0.0543 e. The monoisotopic (exact) mass is 221 g/mol. The maximum absolute atomic E-state index is 4.45. The molecular weight excluding hydrogens is 198 g/mol. The summed E-state index contributed by atoms with van der Waals surface area (Å²) in [6, 6.07) is 0. The van der Waals surface area contributed by atoms with Gasteiger partial charge in [0.15, 0.2) is 0 Å². The summed E-state index contributed by atoms with van der Waals surface area (Å²) in [6.45, 7) is 8.92. The van der Waals surface area contributed by atoms with Crippen molar-refractivity contribution in [3.63, 3.8) is 0 Å². The van der Waals surface area contributed by atoms with Crippen LogP contribution in [0.3, 0.4) is 0 Å². The molecule has 0 aromatic carbocycles. The average molecular weight is 221 g/mol. The second-order valence-electron chi connectivity index (χ2n) is 5.88. The summed E-state index contributed by atoms with van der Waals surface area (Å²) in [6.07, 6.45) is 8.07. The first kappa shape index (κ1) is 11.6. The molecule has 2 rings (SSSR count). The van der Waals surface area contributed by atoms with Crippen LogP contribution in [-0.4, -0.2) is 22.9 Å². The first-order valence-electron chi connectivity index (χ1n) is 6.30. The van der Waals surface area contributed by atoms with Crippen LogP contribution in [0.5, 0.6) is 0 Å². The highest BCUT2D eigenvalue weighted by molar-refractivity contribution is 5.06. The SMILES string of the molecule is CC(C)(C)n1cc(CC2CCCNC2)cn1. The molecule has 1 aliphatic heterocycles. The Hall–Kier alpha value is -0.830. The van der Waals surface area contributed by atoms with Crippen molar-refractivity contribution in [2.75, 3.05) is 13.1 Å². The molecule has 0 saturated carbocycles. The van der Waals surface area contributed by atoms with E-state index in [2.05, 4.69) is 42.1 Å². The summed E-state index contributed by atoms with van der Waals surface area (Å²) in [7, 11) is 0. The molecule has 16 heavy (non-hydrogen) atoms. The van der Waals surface area contributed by atoms with Crippen molar-refractivity contribution in [2.45, 2.75) is 45.6 Å². The molecule has 1 aliphatic rings. The summed E-state index contributed by atoms with van der Waals surface area (Å²) in [5, 5.41) is 7.91. The molecule has 90 valence electrons. The molecule has 3 nitrogen and oxygen atoms in total. The van der Waals surface area contributed by atoms with E-state index >= 15 is 0 Å². The molecule has 3 heteroatoms. The van der Waals surface area contributed by atoms with Gasteiger partial charge in [0, 0.05) is 6.20 Å². The second kappa shape index (κ2) is 4.58. The molecule has 1 fully saturated rings. The standard InChI is InChI=1S/C13H23N3/c1-13(2,3)16-10-12(9-15-16)7-11-5-4-6-14-8-11/h9-11,14H,4-8H2,1-3H3. The van der Waals surface area contributed by atoms with Gasteiger partial charge in [-0.2, -0.15) is 5.10 Å². The number of nitrogens with one attached hydrogen (secondary N) is 1. The fourth-order valence-electron chi connectivity index (χ4n) is 2.26. The minimum atomic E-state index is 0.100. The molecule has 1 aromatic heterocycles. The van der Waals surface area contributed by atoms with Crippen LogP contribution in [0.25, 0.3) is 0 Å². The van der Waals surface area contributed by atoms with E-state index in [0.717, 1.165) is 5.92 Å². The zero-order valence-electron chi connectivity index (χ0n) is 10.7. The lowest BCUT2D eigenvalue weighted by Gasteiger charge is -2.22. The molecule has 1 N–H and O–H groups in total. The third-order valence-electron chi connectivity index (χ3n) is 3.25. The summed E-state index contributed by atoms with van der Waals surface area (Å²) in [4.78, 5) is 0. The van der Waals surface area contributed by atoms with E-state index in [4.69, 9.17) is 0 Å². The van der Waals surface area contributed by atoms with Gasteiger partial charge in [-0.1, -0.05) is 0 Å². The van der Waals surface area contributed by atoms with E-state index in [1.165, 1.54) is 37.9 Å². The van der Waals surface area contributed by atoms with Crippen molar-refractivity contribution in [3.05, 3.63) is 18.0 Å². The van der Waals surface area contributed by atoms with Crippen molar-refractivity contribution < 1.29 is 0 Å². The Morgan fingerprint density at radius 2 is 2.31 bits per heavy atom. The molecule has 0 aliphatic carbocycles. The van der Waals surface area contributed by atoms with Gasteiger partial charge >= 0.3 is 0 Å². The molecule has 0 bridgehead atoms. The number of rotatable bonds is 2. The zero-order valence-corrected chi connectivity index (χ0v) is 10.7. The lowest BCUT2D eigenvalue weighted by atomic mass is 9.94. The van der Waals surface area contributed by atoms with Crippen LogP contribution in [-0.2, 0) is 12.0 Å². The Morgan fingerprint density at radius 3 is 2.88 bits per heavy atom. The summed E-state index contributed by atoms with van der Waals surface area (Å²) >= 11 is 0. The van der Waals surface area contributed by atoms with E-state index in [0.29, 0.717) is 0 Å². The van der Waals surface area contributed by atoms with E-state index in [1.54, 1.807) is 0 Å². The zero-order chi connectivity index (χ0) is 11.6. The average Bonchev–Trinajstić information content (AvgIpc) is 2.67. The lowest BCUT2D eigenvalue weighted by molar-refractivity contribution is 0.353. The molecule has 1 unspecified atom stereocenters. The first-order chi connectivity index (χ1) is 7.55. The molecular formula is C13H23N3. The predicted molar refractivity (Wildman–Crippen MR) is 66.5 cm³/mol. The predicted octanol–water partition coefficient (Wildman–Crippen LogP) is 2.18. The number of piperidine rings is 1. The van der Waals surface area contributed by atoms with Crippen molar-refractivity contribution >= 4 is 0 Å². The van der Waals surface area contributed by atoms with Crippen LogP contribution in [0.15, 0.2) is 12.4 Å². The van der Waals surface area contributed by atoms with Crippen LogP contribution in [0.1, 0.15) is 39.2 Å². The van der Waals surface area contributed by atoms with E-state index in [9.17, 15) is 0 Å². The van der Waals surface area contributed by atoms with Crippen molar-refractivity contribution in [1.29, 1.82) is 0 Å². The van der Waals surface area contributed by atoms with Crippen LogP contribution >= 0.6 is 0 Å². The minimum absolute atomic E-state index is 0.100. The second-order valence-corrected chi connectivity index (χ2v) is 5.88. The van der Waals surface area contributed by atoms with Gasteiger partial charge < -0.3 is 5.32 Å². The fourth-order valence-corrected chi connectivity index (χ4v) is 2.26. The van der Waals surface area contributed by atoms with Gasteiger partial charge in [-0.15, -0.1) is 0 Å². The Morgan fingerprint density at radius 1 is 1.50 bits per heavy atom. The van der Waals surface area contributed by atoms with Gasteiger partial charge in [-0.3, -0.25) is 4.68 Å². The maximum atomic E-state index is 4.45. The van der Waals surface area contributed by atoms with Crippen molar-refractivity contribution in [2.24, 2.45) is 5.92 Å². The number of aromatic nitrogens is 2. The van der Waals surface area contributed by atoms with Gasteiger partial charge in [-0.25, -0.2) is 0 Å². The van der Waals surface area contributed by atoms with Gasteiger partial charge in [0.1, 0.15) is 0 Å². The minimum Gasteiger partial charge on any atom is -0.316 e. The fraction of sp³-hybridized carbons (Fsp3) is 0.769. The largest absolute Gasteiger partial charge is 0.316 e. The van der Waals surface area contributed by atoms with Gasteiger partial charge in [0.2, 0.25) is 0 Å². The van der Waals surface area contributed by atoms with Crippen molar-refractivity contribution in [1.82, 2.24) is 15.1 Å². The number of hydrogen-bond donors (Lipinski definition) is 1. The highest BCUT2D eigenvalue weighted by Gasteiger charge is 2.17. The third-order valence-corrected chi connectivity index (χ3v) is 3.25. The van der Waals surface area contributed by atoms with Crippen LogP contribution in [0, 0.1) is 5.92 Å². The van der Waals surface area contributed by atoms with Crippen LogP contribution in [0.4, 0.5) is 0 Å². The third kappa shape index (κ3) is 2.85. The molecule has 0 spiro atoms. The Labute approximate surface area is 98.2 Å². The van der Waals surface area contributed by atoms with Crippen molar-refractivity contribution in [3.8, 4) is 0 Å². The van der Waals surface area contributed by atoms with E-state index in [1.807, 2.05) is 6.20 Å². The highest BCUT2D eigenvalue weighted by Crippen LogP contribution is 2.18. The van der Waals surface area contributed by atoms with Crippen LogP contribution in [0.2, 0.25) is 0 Å². The van der Waals surface area contributed by atoms with Gasteiger partial charge in [0.25, 0.3) is 0 Å². The van der Waals surface area contributed by atoms with Gasteiger partial charge in [0.05, 0.1) is 11.7 Å². The Bertz CT molecular complexity index is 329. The summed E-state index contributed by atoms with van der Waals surface area (Å²) < 4.78 is 2.07. The number of nitrogens with zero attached hydrogens (tertiary/aromatic N) is 2. The first-order valence-corrected chi connectivity index (χ1v) is 6.30. The molecule has 2 heterocycles. The molecule has 1 atom stereocenters. The molecule has 1 aromatic rings. The summed E-state index contributed by atoms with van der Waals surface area (Å²) in [5.74, 6) is 0.798. The van der Waals surface area contributed by atoms with E-state index in [-0.39, 0.29) is 5.54 Å². The maximum Gasteiger partial charge on any atom is 0.0543 e. The van der Waals surface area contributed by atoms with Gasteiger partial charge in [-0.05, 0) is 64.6 Å². The molecule has 0 amide bonds. The summed E-state index contributed by atoms with van der Waals surface area (Å²) in [5.41, 5.74) is 1.48.